The van der Waals surface area contributed by atoms with Crippen molar-refractivity contribution in [2.24, 2.45) is 0 Å². The summed E-state index contributed by atoms with van der Waals surface area (Å²) in [6.45, 7) is -0.213. The van der Waals surface area contributed by atoms with Gasteiger partial charge in [0.15, 0.2) is 13.2 Å². The highest BCUT2D eigenvalue weighted by Crippen LogP contribution is 2.16. The second-order valence-corrected chi connectivity index (χ2v) is 4.89. The zero-order valence-electron chi connectivity index (χ0n) is 13.4. The summed E-state index contributed by atoms with van der Waals surface area (Å²) < 4.78 is 15.1. The summed E-state index contributed by atoms with van der Waals surface area (Å²) in [6, 6.07) is 16.3. The van der Waals surface area contributed by atoms with Gasteiger partial charge in [0.2, 0.25) is 0 Å². The monoisotopic (exact) mass is 329 g/mol. The summed E-state index contributed by atoms with van der Waals surface area (Å²) in [5.41, 5.74) is 0.972. The maximum Gasteiger partial charge on any atom is 0.344 e. The number of benzene rings is 2. The van der Waals surface area contributed by atoms with Crippen molar-refractivity contribution in [2.75, 3.05) is 20.3 Å². The van der Waals surface area contributed by atoms with Gasteiger partial charge >= 0.3 is 5.97 Å². The van der Waals surface area contributed by atoms with E-state index >= 15 is 0 Å². The molecule has 1 amide bonds. The predicted octanol–water partition coefficient (Wildman–Crippen LogP) is 1.93. The van der Waals surface area contributed by atoms with E-state index in [9.17, 15) is 9.59 Å². The molecule has 2 aromatic rings. The molecule has 0 saturated carbocycles. The lowest BCUT2D eigenvalue weighted by molar-refractivity contribution is -0.150. The van der Waals surface area contributed by atoms with Crippen LogP contribution in [0.5, 0.6) is 11.5 Å². The quantitative estimate of drug-likeness (QED) is 0.749. The normalized spacial score (nSPS) is 9.88. The fourth-order valence-corrected chi connectivity index (χ4v) is 1.85. The smallest absolute Gasteiger partial charge is 0.344 e. The Labute approximate surface area is 140 Å². The summed E-state index contributed by atoms with van der Waals surface area (Å²) >= 11 is 0. The van der Waals surface area contributed by atoms with E-state index in [1.807, 2.05) is 30.3 Å². The number of carbonyl (C=O) groups is 2. The number of hydrogen-bond donors (Lipinski definition) is 1. The van der Waals surface area contributed by atoms with Crippen LogP contribution in [0, 0.1) is 0 Å². The van der Waals surface area contributed by atoms with E-state index in [0.717, 1.165) is 5.56 Å². The van der Waals surface area contributed by atoms with Gasteiger partial charge in [0.1, 0.15) is 11.5 Å². The molecular weight excluding hydrogens is 310 g/mol. The number of esters is 1. The summed E-state index contributed by atoms with van der Waals surface area (Å²) in [5.74, 6) is 0.235. The molecular formula is C18H19NO5. The van der Waals surface area contributed by atoms with Crippen molar-refractivity contribution in [3.05, 3.63) is 60.2 Å². The number of rotatable bonds is 8. The molecule has 1 N–H and O–H groups in total. The molecule has 6 heteroatoms. The van der Waals surface area contributed by atoms with E-state index in [0.29, 0.717) is 18.0 Å². The fraction of sp³-hybridized carbons (Fsp3) is 0.222. The van der Waals surface area contributed by atoms with E-state index in [4.69, 9.17) is 14.2 Å². The molecule has 0 atom stereocenters. The van der Waals surface area contributed by atoms with Gasteiger partial charge in [0.05, 0.1) is 7.11 Å². The van der Waals surface area contributed by atoms with Gasteiger partial charge in [0, 0.05) is 6.54 Å². The van der Waals surface area contributed by atoms with Gasteiger partial charge in [0.25, 0.3) is 5.91 Å². The molecule has 24 heavy (non-hydrogen) atoms. The Bertz CT molecular complexity index is 655. The zero-order valence-corrected chi connectivity index (χ0v) is 13.4. The molecule has 0 aromatic heterocycles. The Morgan fingerprint density at radius 2 is 1.58 bits per heavy atom. The lowest BCUT2D eigenvalue weighted by atomic mass is 10.2. The number of carbonyl (C=O) groups excluding carboxylic acids is 2. The molecule has 0 spiro atoms. The van der Waals surface area contributed by atoms with Crippen molar-refractivity contribution >= 4 is 11.9 Å². The Morgan fingerprint density at radius 1 is 0.917 bits per heavy atom. The molecule has 0 aliphatic heterocycles. The highest BCUT2D eigenvalue weighted by Gasteiger charge is 2.08. The van der Waals surface area contributed by atoms with Gasteiger partial charge in [-0.05, 0) is 29.8 Å². The first-order valence-electron chi connectivity index (χ1n) is 7.40. The number of amides is 1. The standard InChI is InChI=1S/C18H19NO5/c1-22-15-7-9-16(10-8-15)23-13-18(21)24-12-17(20)19-11-14-5-3-2-4-6-14/h2-10H,11-13H2,1H3,(H,19,20). The molecule has 0 radical (unpaired) electrons. The van der Waals surface area contributed by atoms with Crippen LogP contribution in [0.25, 0.3) is 0 Å². The number of hydrogen-bond acceptors (Lipinski definition) is 5. The first-order valence-corrected chi connectivity index (χ1v) is 7.40. The maximum atomic E-state index is 11.6. The summed E-state index contributed by atoms with van der Waals surface area (Å²) in [6.07, 6.45) is 0. The third kappa shape index (κ3) is 6.00. The summed E-state index contributed by atoms with van der Waals surface area (Å²) in [7, 11) is 1.57. The molecule has 0 aliphatic carbocycles. The van der Waals surface area contributed by atoms with E-state index < -0.39 is 5.97 Å². The first-order chi connectivity index (χ1) is 11.7. The van der Waals surface area contributed by atoms with Crippen molar-refractivity contribution in [3.8, 4) is 11.5 Å². The van der Waals surface area contributed by atoms with Crippen LogP contribution < -0.4 is 14.8 Å². The van der Waals surface area contributed by atoms with Gasteiger partial charge in [-0.3, -0.25) is 4.79 Å². The van der Waals surface area contributed by atoms with Gasteiger partial charge in [-0.1, -0.05) is 30.3 Å². The minimum Gasteiger partial charge on any atom is -0.497 e. The number of nitrogens with one attached hydrogen (secondary N) is 1. The second-order valence-electron chi connectivity index (χ2n) is 4.89. The van der Waals surface area contributed by atoms with E-state index in [1.165, 1.54) is 0 Å². The second kappa shape index (κ2) is 9.19. The Balaban J connectivity index is 1.64. The number of methoxy groups -OCH3 is 1. The minimum atomic E-state index is -0.610. The van der Waals surface area contributed by atoms with Gasteiger partial charge in [-0.25, -0.2) is 4.79 Å². The largest absolute Gasteiger partial charge is 0.497 e. The van der Waals surface area contributed by atoms with Crippen LogP contribution in [0.15, 0.2) is 54.6 Å². The zero-order chi connectivity index (χ0) is 17.2. The lowest BCUT2D eigenvalue weighted by Gasteiger charge is -2.08. The molecule has 2 rings (SSSR count). The van der Waals surface area contributed by atoms with Crippen molar-refractivity contribution in [3.63, 3.8) is 0 Å². The topological polar surface area (TPSA) is 73.9 Å². The van der Waals surface area contributed by atoms with Crippen LogP contribution >= 0.6 is 0 Å². The molecule has 0 bridgehead atoms. The van der Waals surface area contributed by atoms with Crippen LogP contribution in [0.1, 0.15) is 5.56 Å². The fourth-order valence-electron chi connectivity index (χ4n) is 1.85. The van der Waals surface area contributed by atoms with Crippen LogP contribution in [-0.4, -0.2) is 32.2 Å². The SMILES string of the molecule is COc1ccc(OCC(=O)OCC(=O)NCc2ccccc2)cc1. The average molecular weight is 329 g/mol. The van der Waals surface area contributed by atoms with E-state index in [2.05, 4.69) is 5.32 Å². The first kappa shape index (κ1) is 17.3. The van der Waals surface area contributed by atoms with Crippen LogP contribution in [0.4, 0.5) is 0 Å². The van der Waals surface area contributed by atoms with Crippen molar-refractivity contribution in [2.45, 2.75) is 6.54 Å². The van der Waals surface area contributed by atoms with Gasteiger partial charge in [-0.2, -0.15) is 0 Å². The van der Waals surface area contributed by atoms with Gasteiger partial charge < -0.3 is 19.5 Å². The molecule has 0 unspecified atom stereocenters. The predicted molar refractivity (Wildman–Crippen MR) is 87.7 cm³/mol. The number of ether oxygens (including phenoxy) is 3. The van der Waals surface area contributed by atoms with Crippen LogP contribution in [0.3, 0.4) is 0 Å². The van der Waals surface area contributed by atoms with Crippen molar-refractivity contribution in [1.29, 1.82) is 0 Å². The third-order valence-electron chi connectivity index (χ3n) is 3.11. The lowest BCUT2D eigenvalue weighted by Crippen LogP contribution is -2.29. The molecule has 126 valence electrons. The van der Waals surface area contributed by atoms with Crippen molar-refractivity contribution in [1.82, 2.24) is 5.32 Å². The molecule has 0 aliphatic rings. The van der Waals surface area contributed by atoms with Crippen LogP contribution in [0.2, 0.25) is 0 Å². The molecule has 0 heterocycles. The highest BCUT2D eigenvalue weighted by atomic mass is 16.6. The maximum absolute atomic E-state index is 11.6. The van der Waals surface area contributed by atoms with Gasteiger partial charge in [-0.15, -0.1) is 0 Å². The van der Waals surface area contributed by atoms with E-state index in [1.54, 1.807) is 31.4 Å². The Hall–Kier alpha value is -3.02. The average Bonchev–Trinajstić information content (AvgIpc) is 2.64. The highest BCUT2D eigenvalue weighted by molar-refractivity contribution is 5.80. The van der Waals surface area contributed by atoms with E-state index in [-0.39, 0.29) is 19.1 Å². The van der Waals surface area contributed by atoms with Crippen LogP contribution in [-0.2, 0) is 20.9 Å². The Kier molecular flexibility index (Phi) is 6.64. The Morgan fingerprint density at radius 3 is 2.25 bits per heavy atom. The molecule has 0 fully saturated rings. The summed E-state index contributed by atoms with van der Waals surface area (Å²) in [5, 5.41) is 2.67. The summed E-state index contributed by atoms with van der Waals surface area (Å²) in [4.78, 5) is 23.2. The molecule has 2 aromatic carbocycles. The molecule has 0 saturated heterocycles. The third-order valence-corrected chi connectivity index (χ3v) is 3.11. The molecule has 6 nitrogen and oxygen atoms in total. The minimum absolute atomic E-state index is 0.266. The van der Waals surface area contributed by atoms with Crippen molar-refractivity contribution < 1.29 is 23.8 Å².